The van der Waals surface area contributed by atoms with E-state index in [1.807, 2.05) is 0 Å². The van der Waals surface area contributed by atoms with Gasteiger partial charge < -0.3 is 5.32 Å². The first-order valence-corrected chi connectivity index (χ1v) is 6.17. The Hall–Kier alpha value is -2.38. The SMILES string of the molecule is CC(NC(=O)Cc1cccc(C(F)(F)F)c1)c1ncn[nH]1. The number of halogens is 3. The van der Waals surface area contributed by atoms with Gasteiger partial charge in [0.05, 0.1) is 18.0 Å². The van der Waals surface area contributed by atoms with Crippen LogP contribution in [0.25, 0.3) is 0 Å². The first kappa shape index (κ1) is 15.0. The molecule has 0 saturated heterocycles. The van der Waals surface area contributed by atoms with E-state index in [4.69, 9.17) is 0 Å². The topological polar surface area (TPSA) is 70.7 Å². The van der Waals surface area contributed by atoms with Crippen LogP contribution in [0, 0.1) is 0 Å². The van der Waals surface area contributed by atoms with Crippen molar-refractivity contribution in [2.75, 3.05) is 0 Å². The zero-order valence-electron chi connectivity index (χ0n) is 11.1. The maximum Gasteiger partial charge on any atom is 0.416 e. The molecule has 1 aromatic carbocycles. The molecule has 1 atom stereocenters. The summed E-state index contributed by atoms with van der Waals surface area (Å²) in [6, 6.07) is 4.31. The molecule has 0 spiro atoms. The molecule has 0 aliphatic carbocycles. The quantitative estimate of drug-likeness (QED) is 0.909. The third kappa shape index (κ3) is 4.04. The van der Waals surface area contributed by atoms with Gasteiger partial charge in [-0.15, -0.1) is 0 Å². The molecule has 2 aromatic rings. The van der Waals surface area contributed by atoms with E-state index in [0.717, 1.165) is 12.1 Å². The van der Waals surface area contributed by atoms with Gasteiger partial charge in [-0.25, -0.2) is 4.98 Å². The number of nitrogens with one attached hydrogen (secondary N) is 2. The first-order valence-electron chi connectivity index (χ1n) is 6.17. The van der Waals surface area contributed by atoms with Crippen LogP contribution in [-0.4, -0.2) is 21.1 Å². The third-order valence-corrected chi connectivity index (χ3v) is 2.84. The fourth-order valence-electron chi connectivity index (χ4n) is 1.83. The molecule has 2 N–H and O–H groups in total. The number of nitrogens with zero attached hydrogens (tertiary/aromatic N) is 2. The number of H-pyrrole nitrogens is 1. The Labute approximate surface area is 118 Å². The van der Waals surface area contributed by atoms with E-state index in [-0.39, 0.29) is 6.42 Å². The zero-order valence-corrected chi connectivity index (χ0v) is 11.1. The van der Waals surface area contributed by atoms with Crippen molar-refractivity contribution in [1.29, 1.82) is 0 Å². The molecule has 5 nitrogen and oxygen atoms in total. The Bertz CT molecular complexity index is 610. The average molecular weight is 298 g/mol. The van der Waals surface area contributed by atoms with Crippen LogP contribution in [0.15, 0.2) is 30.6 Å². The molecular weight excluding hydrogens is 285 g/mol. The number of benzene rings is 1. The van der Waals surface area contributed by atoms with E-state index < -0.39 is 23.7 Å². The normalized spacial score (nSPS) is 13.0. The first-order chi connectivity index (χ1) is 9.86. The van der Waals surface area contributed by atoms with Crippen molar-refractivity contribution in [2.24, 2.45) is 0 Å². The predicted octanol–water partition coefficient (Wildman–Crippen LogP) is 2.24. The monoisotopic (exact) mass is 298 g/mol. The van der Waals surface area contributed by atoms with Crippen LogP contribution in [0.2, 0.25) is 0 Å². The summed E-state index contributed by atoms with van der Waals surface area (Å²) in [4.78, 5) is 15.7. The highest BCUT2D eigenvalue weighted by atomic mass is 19.4. The number of rotatable bonds is 4. The minimum absolute atomic E-state index is 0.137. The van der Waals surface area contributed by atoms with Crippen molar-refractivity contribution in [3.63, 3.8) is 0 Å². The minimum Gasteiger partial charge on any atom is -0.346 e. The Morgan fingerprint density at radius 3 is 2.81 bits per heavy atom. The molecule has 0 aliphatic rings. The number of amides is 1. The lowest BCUT2D eigenvalue weighted by Gasteiger charge is -2.12. The highest BCUT2D eigenvalue weighted by Gasteiger charge is 2.30. The Morgan fingerprint density at radius 2 is 2.19 bits per heavy atom. The van der Waals surface area contributed by atoms with Gasteiger partial charge in [-0.3, -0.25) is 9.89 Å². The zero-order chi connectivity index (χ0) is 15.5. The van der Waals surface area contributed by atoms with E-state index in [0.29, 0.717) is 11.4 Å². The van der Waals surface area contributed by atoms with Crippen molar-refractivity contribution >= 4 is 5.91 Å². The smallest absolute Gasteiger partial charge is 0.346 e. The predicted molar refractivity (Wildman–Crippen MR) is 68.1 cm³/mol. The molecule has 21 heavy (non-hydrogen) atoms. The molecule has 2 rings (SSSR count). The molecule has 1 heterocycles. The standard InChI is InChI=1S/C13H13F3N4O/c1-8(12-17-7-18-20-12)19-11(21)6-9-3-2-4-10(5-9)13(14,15)16/h2-5,7-8H,6H2,1H3,(H,19,21)(H,17,18,20). The number of carbonyl (C=O) groups excluding carboxylic acids is 1. The number of aromatic amines is 1. The molecule has 0 radical (unpaired) electrons. The van der Waals surface area contributed by atoms with Gasteiger partial charge >= 0.3 is 6.18 Å². The Morgan fingerprint density at radius 1 is 1.43 bits per heavy atom. The number of hydrogen-bond acceptors (Lipinski definition) is 3. The van der Waals surface area contributed by atoms with Crippen molar-refractivity contribution in [1.82, 2.24) is 20.5 Å². The maximum atomic E-state index is 12.6. The van der Waals surface area contributed by atoms with Crippen LogP contribution in [0.3, 0.4) is 0 Å². The fourth-order valence-corrected chi connectivity index (χ4v) is 1.83. The summed E-state index contributed by atoms with van der Waals surface area (Å²) in [5.74, 6) is 0.0885. The van der Waals surface area contributed by atoms with E-state index in [1.54, 1.807) is 6.92 Å². The van der Waals surface area contributed by atoms with Crippen LogP contribution < -0.4 is 5.32 Å². The summed E-state index contributed by atoms with van der Waals surface area (Å²) in [5, 5.41) is 8.91. The Kier molecular flexibility index (Phi) is 4.25. The molecule has 1 amide bonds. The fraction of sp³-hybridized carbons (Fsp3) is 0.308. The average Bonchev–Trinajstić information content (AvgIpc) is 2.91. The van der Waals surface area contributed by atoms with Gasteiger partial charge in [0.25, 0.3) is 0 Å². The van der Waals surface area contributed by atoms with E-state index in [9.17, 15) is 18.0 Å². The van der Waals surface area contributed by atoms with Gasteiger partial charge in [-0.05, 0) is 18.6 Å². The second-order valence-corrected chi connectivity index (χ2v) is 4.53. The highest BCUT2D eigenvalue weighted by molar-refractivity contribution is 5.78. The van der Waals surface area contributed by atoms with Crippen molar-refractivity contribution in [2.45, 2.75) is 25.6 Å². The summed E-state index contributed by atoms with van der Waals surface area (Å²) >= 11 is 0. The summed E-state index contributed by atoms with van der Waals surface area (Å²) in [5.41, 5.74) is -0.469. The number of carbonyl (C=O) groups is 1. The lowest BCUT2D eigenvalue weighted by Crippen LogP contribution is -2.28. The van der Waals surface area contributed by atoms with Gasteiger partial charge in [0.1, 0.15) is 12.2 Å². The van der Waals surface area contributed by atoms with Crippen LogP contribution in [0.1, 0.15) is 29.9 Å². The van der Waals surface area contributed by atoms with Gasteiger partial charge in [-0.1, -0.05) is 18.2 Å². The van der Waals surface area contributed by atoms with Crippen LogP contribution >= 0.6 is 0 Å². The molecule has 8 heteroatoms. The summed E-state index contributed by atoms with van der Waals surface area (Å²) in [6.45, 7) is 1.70. The van der Waals surface area contributed by atoms with Crippen molar-refractivity contribution in [3.05, 3.63) is 47.5 Å². The number of hydrogen-bond donors (Lipinski definition) is 2. The van der Waals surface area contributed by atoms with Crippen molar-refractivity contribution < 1.29 is 18.0 Å². The second-order valence-electron chi connectivity index (χ2n) is 4.53. The lowest BCUT2D eigenvalue weighted by atomic mass is 10.1. The molecular formula is C13H13F3N4O. The van der Waals surface area contributed by atoms with E-state index in [1.165, 1.54) is 18.5 Å². The summed E-state index contributed by atoms with van der Waals surface area (Å²) in [6.07, 6.45) is -3.24. The van der Waals surface area contributed by atoms with Crippen LogP contribution in [0.4, 0.5) is 13.2 Å². The van der Waals surface area contributed by atoms with Gasteiger partial charge in [0.15, 0.2) is 0 Å². The van der Waals surface area contributed by atoms with Gasteiger partial charge in [-0.2, -0.15) is 18.3 Å². The molecule has 112 valence electrons. The second kappa shape index (κ2) is 5.94. The summed E-state index contributed by atoms with van der Waals surface area (Å²) in [7, 11) is 0. The lowest BCUT2D eigenvalue weighted by molar-refractivity contribution is -0.137. The number of alkyl halides is 3. The van der Waals surface area contributed by atoms with Gasteiger partial charge in [0, 0.05) is 0 Å². The van der Waals surface area contributed by atoms with E-state index in [2.05, 4.69) is 20.5 Å². The molecule has 0 bridgehead atoms. The molecule has 0 fully saturated rings. The molecule has 1 aromatic heterocycles. The molecule has 0 aliphatic heterocycles. The minimum atomic E-state index is -4.42. The Balaban J connectivity index is 2.00. The van der Waals surface area contributed by atoms with Crippen molar-refractivity contribution in [3.8, 4) is 0 Å². The molecule has 1 unspecified atom stereocenters. The number of aromatic nitrogens is 3. The van der Waals surface area contributed by atoms with Crippen LogP contribution in [-0.2, 0) is 17.4 Å². The van der Waals surface area contributed by atoms with Gasteiger partial charge in [0.2, 0.25) is 5.91 Å². The third-order valence-electron chi connectivity index (χ3n) is 2.84. The van der Waals surface area contributed by atoms with Crippen LogP contribution in [0.5, 0.6) is 0 Å². The maximum absolute atomic E-state index is 12.6. The van der Waals surface area contributed by atoms with E-state index >= 15 is 0 Å². The summed E-state index contributed by atoms with van der Waals surface area (Å²) < 4.78 is 37.7. The molecule has 0 saturated carbocycles. The highest BCUT2D eigenvalue weighted by Crippen LogP contribution is 2.29. The largest absolute Gasteiger partial charge is 0.416 e.